The SMILES string of the molecule is COc1cc2c(cc1C=O)CCC(C)C2O. The molecule has 1 aromatic carbocycles. The Labute approximate surface area is 95.0 Å². The first-order chi connectivity index (χ1) is 7.67. The minimum absolute atomic E-state index is 0.263. The first kappa shape index (κ1) is 11.1. The number of aliphatic hydroxyl groups excluding tert-OH is 1. The maximum absolute atomic E-state index is 10.9. The van der Waals surface area contributed by atoms with E-state index in [4.69, 9.17) is 4.74 Å². The van der Waals surface area contributed by atoms with Crippen LogP contribution in [0.3, 0.4) is 0 Å². The predicted molar refractivity (Wildman–Crippen MR) is 60.8 cm³/mol. The maximum atomic E-state index is 10.9. The van der Waals surface area contributed by atoms with E-state index < -0.39 is 6.10 Å². The molecule has 0 saturated heterocycles. The zero-order valence-corrected chi connectivity index (χ0v) is 9.56. The number of carbonyl (C=O) groups excluding carboxylic acids is 1. The normalized spacial score (nSPS) is 23.7. The number of carbonyl (C=O) groups is 1. The second-order valence-electron chi connectivity index (χ2n) is 4.37. The van der Waals surface area contributed by atoms with Gasteiger partial charge in [-0.2, -0.15) is 0 Å². The van der Waals surface area contributed by atoms with E-state index in [-0.39, 0.29) is 5.92 Å². The van der Waals surface area contributed by atoms with Crippen molar-refractivity contribution in [3.8, 4) is 5.75 Å². The number of methoxy groups -OCH3 is 1. The third-order valence-electron chi connectivity index (χ3n) is 3.35. The number of hydrogen-bond donors (Lipinski definition) is 1. The molecule has 0 bridgehead atoms. The van der Waals surface area contributed by atoms with Crippen molar-refractivity contribution in [1.29, 1.82) is 0 Å². The molecular formula is C13H16O3. The highest BCUT2D eigenvalue weighted by atomic mass is 16.5. The van der Waals surface area contributed by atoms with Crippen LogP contribution in [-0.4, -0.2) is 18.5 Å². The van der Waals surface area contributed by atoms with E-state index >= 15 is 0 Å². The smallest absolute Gasteiger partial charge is 0.153 e. The molecule has 0 heterocycles. The second kappa shape index (κ2) is 4.26. The molecule has 0 saturated carbocycles. The van der Waals surface area contributed by atoms with Crippen molar-refractivity contribution in [2.75, 3.05) is 7.11 Å². The van der Waals surface area contributed by atoms with Crippen LogP contribution in [-0.2, 0) is 6.42 Å². The summed E-state index contributed by atoms with van der Waals surface area (Å²) in [5.74, 6) is 0.807. The quantitative estimate of drug-likeness (QED) is 0.776. The lowest BCUT2D eigenvalue weighted by atomic mass is 9.82. The molecule has 1 aromatic rings. The van der Waals surface area contributed by atoms with Gasteiger partial charge in [0.05, 0.1) is 18.8 Å². The molecule has 1 N–H and O–H groups in total. The van der Waals surface area contributed by atoms with Crippen LogP contribution in [0.5, 0.6) is 5.75 Å². The van der Waals surface area contributed by atoms with Crippen LogP contribution >= 0.6 is 0 Å². The van der Waals surface area contributed by atoms with Crippen LogP contribution < -0.4 is 4.74 Å². The summed E-state index contributed by atoms with van der Waals surface area (Å²) in [5.41, 5.74) is 2.53. The molecule has 2 unspecified atom stereocenters. The van der Waals surface area contributed by atoms with Crippen LogP contribution in [0.1, 0.15) is 40.9 Å². The minimum Gasteiger partial charge on any atom is -0.496 e. The molecule has 0 aliphatic heterocycles. The van der Waals surface area contributed by atoms with Gasteiger partial charge in [-0.3, -0.25) is 4.79 Å². The lowest BCUT2D eigenvalue weighted by molar-refractivity contribution is 0.103. The molecule has 0 radical (unpaired) electrons. The molecule has 16 heavy (non-hydrogen) atoms. The summed E-state index contributed by atoms with van der Waals surface area (Å²) in [6.45, 7) is 2.04. The first-order valence-corrected chi connectivity index (χ1v) is 5.51. The molecule has 0 fully saturated rings. The fourth-order valence-electron chi connectivity index (χ4n) is 2.27. The Morgan fingerprint density at radius 1 is 1.50 bits per heavy atom. The monoisotopic (exact) mass is 220 g/mol. The van der Waals surface area contributed by atoms with Crippen LogP contribution in [0.2, 0.25) is 0 Å². The van der Waals surface area contributed by atoms with E-state index in [1.54, 1.807) is 6.07 Å². The van der Waals surface area contributed by atoms with Crippen LogP contribution in [0.4, 0.5) is 0 Å². The van der Waals surface area contributed by atoms with E-state index in [2.05, 4.69) is 0 Å². The van der Waals surface area contributed by atoms with Crippen molar-refractivity contribution in [3.05, 3.63) is 28.8 Å². The molecule has 86 valence electrons. The van der Waals surface area contributed by atoms with Gasteiger partial charge in [0, 0.05) is 0 Å². The molecule has 0 aromatic heterocycles. The summed E-state index contributed by atoms with van der Waals surface area (Å²) < 4.78 is 5.14. The molecule has 2 atom stereocenters. The van der Waals surface area contributed by atoms with Crippen molar-refractivity contribution in [3.63, 3.8) is 0 Å². The zero-order chi connectivity index (χ0) is 11.7. The summed E-state index contributed by atoms with van der Waals surface area (Å²) in [5, 5.41) is 10.1. The predicted octanol–water partition coefficient (Wildman–Crippen LogP) is 2.12. The van der Waals surface area contributed by atoms with E-state index in [1.807, 2.05) is 13.0 Å². The Bertz CT molecular complexity index is 412. The lowest BCUT2D eigenvalue weighted by Crippen LogP contribution is -2.18. The third-order valence-corrected chi connectivity index (χ3v) is 3.35. The Balaban J connectivity index is 2.52. The van der Waals surface area contributed by atoms with Crippen LogP contribution in [0.25, 0.3) is 0 Å². The number of aliphatic hydroxyl groups is 1. The Kier molecular flexibility index (Phi) is 2.97. The van der Waals surface area contributed by atoms with Gasteiger partial charge in [0.2, 0.25) is 0 Å². The van der Waals surface area contributed by atoms with Gasteiger partial charge in [-0.1, -0.05) is 6.92 Å². The average molecular weight is 220 g/mol. The number of aldehydes is 1. The van der Waals surface area contributed by atoms with Crippen molar-refractivity contribution in [2.45, 2.75) is 25.9 Å². The Hall–Kier alpha value is -1.35. The largest absolute Gasteiger partial charge is 0.496 e. The van der Waals surface area contributed by atoms with Crippen LogP contribution in [0.15, 0.2) is 12.1 Å². The highest BCUT2D eigenvalue weighted by molar-refractivity contribution is 5.80. The van der Waals surface area contributed by atoms with E-state index in [0.29, 0.717) is 11.3 Å². The lowest BCUT2D eigenvalue weighted by Gasteiger charge is -2.28. The molecular weight excluding hydrogens is 204 g/mol. The fraction of sp³-hybridized carbons (Fsp3) is 0.462. The number of benzene rings is 1. The highest BCUT2D eigenvalue weighted by Gasteiger charge is 2.26. The Morgan fingerprint density at radius 2 is 2.25 bits per heavy atom. The molecule has 3 heteroatoms. The number of ether oxygens (including phenoxy) is 1. The molecule has 0 spiro atoms. The van der Waals surface area contributed by atoms with Gasteiger partial charge >= 0.3 is 0 Å². The minimum atomic E-state index is -0.446. The highest BCUT2D eigenvalue weighted by Crippen LogP contribution is 2.37. The van der Waals surface area contributed by atoms with Gasteiger partial charge in [0.1, 0.15) is 5.75 Å². The van der Waals surface area contributed by atoms with E-state index in [9.17, 15) is 9.90 Å². The fourth-order valence-corrected chi connectivity index (χ4v) is 2.27. The summed E-state index contributed by atoms with van der Waals surface area (Å²) in [4.78, 5) is 10.9. The summed E-state index contributed by atoms with van der Waals surface area (Å²) in [6, 6.07) is 3.62. The summed E-state index contributed by atoms with van der Waals surface area (Å²) >= 11 is 0. The molecule has 1 aliphatic rings. The van der Waals surface area contributed by atoms with Gasteiger partial charge in [0.15, 0.2) is 6.29 Å². The van der Waals surface area contributed by atoms with Gasteiger partial charge in [0.25, 0.3) is 0 Å². The summed E-state index contributed by atoms with van der Waals surface area (Å²) in [7, 11) is 1.54. The van der Waals surface area contributed by atoms with E-state index in [1.165, 1.54) is 7.11 Å². The zero-order valence-electron chi connectivity index (χ0n) is 9.56. The molecule has 2 rings (SSSR count). The standard InChI is InChI=1S/C13H16O3/c1-8-3-4-9-5-10(7-14)12(16-2)6-11(9)13(8)15/h5-8,13,15H,3-4H2,1-2H3. The van der Waals surface area contributed by atoms with Gasteiger partial charge < -0.3 is 9.84 Å². The van der Waals surface area contributed by atoms with Crippen molar-refractivity contribution >= 4 is 6.29 Å². The van der Waals surface area contributed by atoms with E-state index in [0.717, 1.165) is 30.3 Å². The number of hydrogen-bond acceptors (Lipinski definition) is 3. The van der Waals surface area contributed by atoms with Gasteiger partial charge in [-0.05, 0) is 42.0 Å². The Morgan fingerprint density at radius 3 is 2.88 bits per heavy atom. The summed E-state index contributed by atoms with van der Waals surface area (Å²) in [6.07, 6.45) is 2.22. The van der Waals surface area contributed by atoms with Gasteiger partial charge in [-0.15, -0.1) is 0 Å². The van der Waals surface area contributed by atoms with Gasteiger partial charge in [-0.25, -0.2) is 0 Å². The van der Waals surface area contributed by atoms with Crippen LogP contribution in [0, 0.1) is 5.92 Å². The molecule has 1 aliphatic carbocycles. The molecule has 3 nitrogen and oxygen atoms in total. The third kappa shape index (κ3) is 1.71. The maximum Gasteiger partial charge on any atom is 0.153 e. The topological polar surface area (TPSA) is 46.5 Å². The number of fused-ring (bicyclic) bond motifs is 1. The second-order valence-corrected chi connectivity index (χ2v) is 4.37. The van der Waals surface area contributed by atoms with Crippen molar-refractivity contribution < 1.29 is 14.6 Å². The van der Waals surface area contributed by atoms with Crippen molar-refractivity contribution in [1.82, 2.24) is 0 Å². The number of rotatable bonds is 2. The number of aryl methyl sites for hydroxylation is 1. The first-order valence-electron chi connectivity index (χ1n) is 5.51. The van der Waals surface area contributed by atoms with Crippen molar-refractivity contribution in [2.24, 2.45) is 5.92 Å². The molecule has 0 amide bonds. The average Bonchev–Trinajstić information content (AvgIpc) is 2.32.